The molecule has 0 aliphatic carbocycles. The van der Waals surface area contributed by atoms with Gasteiger partial charge >= 0.3 is 0 Å². The molecule has 1 aliphatic heterocycles. The van der Waals surface area contributed by atoms with E-state index in [4.69, 9.17) is 0 Å². The standard InChI is InChI=1S/C14H22N2O/c1-11(2)12-6-5-9-16(12)10-14(17)13-7-4-8-15(13)3/h4,7-8,11-12H,5-6,9-10H2,1-3H3. The van der Waals surface area contributed by atoms with Crippen LogP contribution in [0.2, 0.25) is 0 Å². The number of nitrogens with zero attached hydrogens (tertiary/aromatic N) is 2. The fourth-order valence-corrected chi connectivity index (χ4v) is 2.82. The van der Waals surface area contributed by atoms with Gasteiger partial charge < -0.3 is 4.57 Å². The minimum absolute atomic E-state index is 0.241. The van der Waals surface area contributed by atoms with E-state index in [0.29, 0.717) is 18.5 Å². The molecule has 0 radical (unpaired) electrons. The van der Waals surface area contributed by atoms with Gasteiger partial charge in [0.1, 0.15) is 0 Å². The van der Waals surface area contributed by atoms with E-state index in [-0.39, 0.29) is 5.78 Å². The van der Waals surface area contributed by atoms with Gasteiger partial charge in [-0.15, -0.1) is 0 Å². The zero-order chi connectivity index (χ0) is 12.4. The molecule has 2 rings (SSSR count). The molecule has 0 saturated carbocycles. The summed E-state index contributed by atoms with van der Waals surface area (Å²) in [5, 5.41) is 0. The van der Waals surface area contributed by atoms with Crippen LogP contribution in [0.15, 0.2) is 18.3 Å². The second-order valence-corrected chi connectivity index (χ2v) is 5.35. The van der Waals surface area contributed by atoms with Crippen molar-refractivity contribution in [3.8, 4) is 0 Å². The van der Waals surface area contributed by atoms with Gasteiger partial charge in [-0.25, -0.2) is 0 Å². The van der Waals surface area contributed by atoms with Crippen LogP contribution in [0.3, 0.4) is 0 Å². The Morgan fingerprint density at radius 1 is 1.53 bits per heavy atom. The van der Waals surface area contributed by atoms with Gasteiger partial charge in [0, 0.05) is 19.3 Å². The van der Waals surface area contributed by atoms with E-state index in [2.05, 4.69) is 18.7 Å². The Balaban J connectivity index is 2.02. The second-order valence-electron chi connectivity index (χ2n) is 5.35. The Morgan fingerprint density at radius 3 is 2.88 bits per heavy atom. The Labute approximate surface area is 103 Å². The van der Waals surface area contributed by atoms with Crippen LogP contribution in [0.4, 0.5) is 0 Å². The number of aromatic nitrogens is 1. The van der Waals surface area contributed by atoms with Crippen LogP contribution < -0.4 is 0 Å². The van der Waals surface area contributed by atoms with Crippen LogP contribution in [-0.4, -0.2) is 34.4 Å². The highest BCUT2D eigenvalue weighted by atomic mass is 16.1. The fourth-order valence-electron chi connectivity index (χ4n) is 2.82. The van der Waals surface area contributed by atoms with E-state index >= 15 is 0 Å². The summed E-state index contributed by atoms with van der Waals surface area (Å²) in [6.45, 7) is 6.13. The molecule has 1 unspecified atom stereocenters. The van der Waals surface area contributed by atoms with Crippen molar-refractivity contribution >= 4 is 5.78 Å². The number of Topliss-reactive ketones (excluding diaryl/α,β-unsaturated/α-hetero) is 1. The molecule has 1 aliphatic rings. The Morgan fingerprint density at radius 2 is 2.29 bits per heavy atom. The van der Waals surface area contributed by atoms with Gasteiger partial charge in [-0.1, -0.05) is 13.8 Å². The number of hydrogen-bond donors (Lipinski definition) is 0. The summed E-state index contributed by atoms with van der Waals surface area (Å²) in [5.74, 6) is 0.878. The molecular weight excluding hydrogens is 212 g/mol. The molecule has 0 amide bonds. The first kappa shape index (κ1) is 12.4. The van der Waals surface area contributed by atoms with E-state index in [1.807, 2.05) is 29.9 Å². The maximum Gasteiger partial charge on any atom is 0.193 e. The lowest BCUT2D eigenvalue weighted by Gasteiger charge is -2.26. The summed E-state index contributed by atoms with van der Waals surface area (Å²) in [6, 6.07) is 4.42. The van der Waals surface area contributed by atoms with Crippen LogP contribution in [0.1, 0.15) is 37.2 Å². The number of ketones is 1. The van der Waals surface area contributed by atoms with Crippen molar-refractivity contribution in [1.82, 2.24) is 9.47 Å². The molecule has 2 heterocycles. The van der Waals surface area contributed by atoms with Crippen molar-refractivity contribution in [2.75, 3.05) is 13.1 Å². The molecule has 17 heavy (non-hydrogen) atoms. The first-order valence-corrected chi connectivity index (χ1v) is 6.48. The average Bonchev–Trinajstić information content (AvgIpc) is 2.86. The van der Waals surface area contributed by atoms with Gasteiger partial charge in [0.25, 0.3) is 0 Å². The normalized spacial score (nSPS) is 21.3. The van der Waals surface area contributed by atoms with Crippen LogP contribution in [0.5, 0.6) is 0 Å². The van der Waals surface area contributed by atoms with Crippen molar-refractivity contribution in [1.29, 1.82) is 0 Å². The average molecular weight is 234 g/mol. The summed E-state index contributed by atoms with van der Waals surface area (Å²) in [5.41, 5.74) is 0.819. The van der Waals surface area contributed by atoms with Gasteiger partial charge in [-0.3, -0.25) is 9.69 Å². The topological polar surface area (TPSA) is 25.2 Å². The SMILES string of the molecule is CC(C)C1CCCN1CC(=O)c1cccn1C. The molecule has 94 valence electrons. The molecule has 1 fully saturated rings. The van der Waals surface area contributed by atoms with Gasteiger partial charge in [0.2, 0.25) is 0 Å². The molecule has 1 aromatic heterocycles. The first-order chi connectivity index (χ1) is 8.09. The van der Waals surface area contributed by atoms with Gasteiger partial charge in [0.15, 0.2) is 5.78 Å². The summed E-state index contributed by atoms with van der Waals surface area (Å²) in [4.78, 5) is 14.5. The summed E-state index contributed by atoms with van der Waals surface area (Å²) in [6.07, 6.45) is 4.39. The number of carbonyl (C=O) groups excluding carboxylic acids is 1. The smallest absolute Gasteiger partial charge is 0.193 e. The Kier molecular flexibility index (Phi) is 3.67. The molecule has 1 atom stereocenters. The van der Waals surface area contributed by atoms with Gasteiger partial charge in [0.05, 0.1) is 12.2 Å². The summed E-state index contributed by atoms with van der Waals surface area (Å²) < 4.78 is 1.91. The number of rotatable bonds is 4. The minimum atomic E-state index is 0.241. The first-order valence-electron chi connectivity index (χ1n) is 6.48. The lowest BCUT2D eigenvalue weighted by Crippen LogP contribution is -2.37. The molecule has 3 heteroatoms. The van der Waals surface area contributed by atoms with E-state index in [1.165, 1.54) is 12.8 Å². The highest BCUT2D eigenvalue weighted by Crippen LogP contribution is 2.23. The quantitative estimate of drug-likeness (QED) is 0.747. The maximum absolute atomic E-state index is 12.2. The van der Waals surface area contributed by atoms with Crippen molar-refractivity contribution in [2.24, 2.45) is 13.0 Å². The number of carbonyl (C=O) groups is 1. The molecule has 1 aromatic rings. The third-order valence-electron chi connectivity index (χ3n) is 3.76. The van der Waals surface area contributed by atoms with Crippen LogP contribution >= 0.6 is 0 Å². The molecule has 0 N–H and O–H groups in total. The highest BCUT2D eigenvalue weighted by Gasteiger charge is 2.28. The maximum atomic E-state index is 12.2. The van der Waals surface area contributed by atoms with Gasteiger partial charge in [-0.2, -0.15) is 0 Å². The number of likely N-dealkylation sites (tertiary alicyclic amines) is 1. The van der Waals surface area contributed by atoms with Crippen LogP contribution in [-0.2, 0) is 7.05 Å². The van der Waals surface area contributed by atoms with Crippen LogP contribution in [0.25, 0.3) is 0 Å². The third-order valence-corrected chi connectivity index (χ3v) is 3.76. The monoisotopic (exact) mass is 234 g/mol. The number of aryl methyl sites for hydroxylation is 1. The second kappa shape index (κ2) is 5.05. The summed E-state index contributed by atoms with van der Waals surface area (Å²) >= 11 is 0. The van der Waals surface area contributed by atoms with Crippen LogP contribution in [0, 0.1) is 5.92 Å². The Bertz CT molecular complexity index is 395. The van der Waals surface area contributed by atoms with Crippen molar-refractivity contribution in [3.63, 3.8) is 0 Å². The van der Waals surface area contributed by atoms with Crippen molar-refractivity contribution in [3.05, 3.63) is 24.0 Å². The van der Waals surface area contributed by atoms with E-state index < -0.39 is 0 Å². The van der Waals surface area contributed by atoms with E-state index in [9.17, 15) is 4.79 Å². The van der Waals surface area contributed by atoms with Crippen molar-refractivity contribution < 1.29 is 4.79 Å². The minimum Gasteiger partial charge on any atom is -0.348 e. The zero-order valence-corrected chi connectivity index (χ0v) is 11.0. The van der Waals surface area contributed by atoms with Crippen molar-refractivity contribution in [2.45, 2.75) is 32.7 Å². The molecule has 3 nitrogen and oxygen atoms in total. The lowest BCUT2D eigenvalue weighted by molar-refractivity contribution is 0.0896. The van der Waals surface area contributed by atoms with E-state index in [1.54, 1.807) is 0 Å². The molecule has 0 aromatic carbocycles. The number of hydrogen-bond acceptors (Lipinski definition) is 2. The fraction of sp³-hybridized carbons (Fsp3) is 0.643. The zero-order valence-electron chi connectivity index (χ0n) is 11.0. The molecule has 0 spiro atoms. The lowest BCUT2D eigenvalue weighted by atomic mass is 10.0. The molecular formula is C14H22N2O. The highest BCUT2D eigenvalue weighted by molar-refractivity contribution is 5.96. The molecule has 0 bridgehead atoms. The third kappa shape index (κ3) is 2.60. The predicted octanol–water partition coefficient (Wildman–Crippen LogP) is 2.33. The Hall–Kier alpha value is -1.09. The molecule has 1 saturated heterocycles. The largest absolute Gasteiger partial charge is 0.348 e. The van der Waals surface area contributed by atoms with E-state index in [0.717, 1.165) is 12.2 Å². The van der Waals surface area contributed by atoms with Gasteiger partial charge in [-0.05, 0) is 37.4 Å². The summed E-state index contributed by atoms with van der Waals surface area (Å²) in [7, 11) is 1.93. The predicted molar refractivity (Wildman–Crippen MR) is 69.2 cm³/mol.